The lowest BCUT2D eigenvalue weighted by Crippen LogP contribution is -2.09. The molecule has 0 atom stereocenters. The molecule has 0 aromatic heterocycles. The van der Waals surface area contributed by atoms with Crippen molar-refractivity contribution < 1.29 is 4.74 Å². The SMILES string of the molecule is CCCCOCCNc1cccc(Cl)c1. The molecule has 0 unspecified atom stereocenters. The molecule has 84 valence electrons. The van der Waals surface area contributed by atoms with Gasteiger partial charge in [-0.2, -0.15) is 0 Å². The Labute approximate surface area is 96.6 Å². The molecule has 2 nitrogen and oxygen atoms in total. The van der Waals surface area contributed by atoms with E-state index in [4.69, 9.17) is 16.3 Å². The maximum atomic E-state index is 5.85. The minimum Gasteiger partial charge on any atom is -0.383 e. The van der Waals surface area contributed by atoms with E-state index in [0.717, 1.165) is 36.9 Å². The minimum atomic E-state index is 0.743. The zero-order chi connectivity index (χ0) is 10.9. The molecule has 0 amide bonds. The van der Waals surface area contributed by atoms with Crippen molar-refractivity contribution in [2.75, 3.05) is 25.1 Å². The number of benzene rings is 1. The van der Waals surface area contributed by atoms with Gasteiger partial charge in [0.15, 0.2) is 0 Å². The molecule has 3 heteroatoms. The molecule has 0 aliphatic carbocycles. The van der Waals surface area contributed by atoms with Gasteiger partial charge in [-0.3, -0.25) is 0 Å². The van der Waals surface area contributed by atoms with Gasteiger partial charge in [0.25, 0.3) is 0 Å². The van der Waals surface area contributed by atoms with E-state index < -0.39 is 0 Å². The van der Waals surface area contributed by atoms with Crippen LogP contribution in [0.25, 0.3) is 0 Å². The Bertz CT molecular complexity index is 278. The zero-order valence-corrected chi connectivity index (χ0v) is 9.89. The van der Waals surface area contributed by atoms with Crippen LogP contribution in [-0.4, -0.2) is 19.8 Å². The molecular weight excluding hydrogens is 210 g/mol. The average molecular weight is 228 g/mol. The molecule has 0 spiro atoms. The summed E-state index contributed by atoms with van der Waals surface area (Å²) in [6, 6.07) is 7.71. The predicted molar refractivity (Wildman–Crippen MR) is 65.7 cm³/mol. The highest BCUT2D eigenvalue weighted by molar-refractivity contribution is 6.30. The van der Waals surface area contributed by atoms with Crippen LogP contribution in [0.5, 0.6) is 0 Å². The van der Waals surface area contributed by atoms with Crippen molar-refractivity contribution in [1.29, 1.82) is 0 Å². The average Bonchev–Trinajstić information content (AvgIpc) is 2.23. The van der Waals surface area contributed by atoms with E-state index in [9.17, 15) is 0 Å². The van der Waals surface area contributed by atoms with E-state index in [1.54, 1.807) is 0 Å². The standard InChI is InChI=1S/C12H18ClNO/c1-2-3-8-15-9-7-14-12-6-4-5-11(13)10-12/h4-6,10,14H,2-3,7-9H2,1H3. The molecule has 1 aromatic carbocycles. The normalized spacial score (nSPS) is 10.3. The van der Waals surface area contributed by atoms with Crippen LogP contribution < -0.4 is 5.32 Å². The molecule has 1 rings (SSSR count). The lowest BCUT2D eigenvalue weighted by atomic mass is 10.3. The number of nitrogens with one attached hydrogen (secondary N) is 1. The second-order valence-corrected chi connectivity index (χ2v) is 3.84. The van der Waals surface area contributed by atoms with Crippen molar-refractivity contribution in [1.82, 2.24) is 0 Å². The summed E-state index contributed by atoms with van der Waals surface area (Å²) in [4.78, 5) is 0. The molecular formula is C12H18ClNO. The van der Waals surface area contributed by atoms with Gasteiger partial charge in [-0.15, -0.1) is 0 Å². The molecule has 0 aliphatic heterocycles. The Morgan fingerprint density at radius 3 is 2.93 bits per heavy atom. The van der Waals surface area contributed by atoms with Crippen molar-refractivity contribution in [2.24, 2.45) is 0 Å². The lowest BCUT2D eigenvalue weighted by Gasteiger charge is -2.07. The summed E-state index contributed by atoms with van der Waals surface area (Å²) in [6.07, 6.45) is 2.32. The Morgan fingerprint density at radius 2 is 2.20 bits per heavy atom. The molecule has 1 aromatic rings. The van der Waals surface area contributed by atoms with Gasteiger partial charge in [0.1, 0.15) is 0 Å². The first-order chi connectivity index (χ1) is 7.33. The third-order valence-electron chi connectivity index (χ3n) is 2.04. The van der Waals surface area contributed by atoms with Gasteiger partial charge in [-0.25, -0.2) is 0 Å². The molecule has 1 N–H and O–H groups in total. The van der Waals surface area contributed by atoms with Crippen LogP contribution in [0.2, 0.25) is 5.02 Å². The van der Waals surface area contributed by atoms with E-state index >= 15 is 0 Å². The molecule has 0 saturated heterocycles. The van der Waals surface area contributed by atoms with Crippen LogP contribution in [0.15, 0.2) is 24.3 Å². The third-order valence-corrected chi connectivity index (χ3v) is 2.28. The quantitative estimate of drug-likeness (QED) is 0.720. The van der Waals surface area contributed by atoms with Crippen molar-refractivity contribution in [3.63, 3.8) is 0 Å². The van der Waals surface area contributed by atoms with Crippen LogP contribution in [0.1, 0.15) is 19.8 Å². The Balaban J connectivity index is 2.10. The first-order valence-electron chi connectivity index (χ1n) is 5.40. The van der Waals surface area contributed by atoms with Gasteiger partial charge in [0, 0.05) is 23.9 Å². The molecule has 0 heterocycles. The van der Waals surface area contributed by atoms with E-state index in [0.29, 0.717) is 0 Å². The van der Waals surface area contributed by atoms with Crippen LogP contribution in [0.4, 0.5) is 5.69 Å². The maximum absolute atomic E-state index is 5.85. The summed E-state index contributed by atoms with van der Waals surface area (Å²) >= 11 is 5.85. The van der Waals surface area contributed by atoms with Crippen molar-refractivity contribution >= 4 is 17.3 Å². The van der Waals surface area contributed by atoms with Crippen LogP contribution >= 0.6 is 11.6 Å². The van der Waals surface area contributed by atoms with E-state index in [1.807, 2.05) is 24.3 Å². The number of hydrogen-bond donors (Lipinski definition) is 1. The van der Waals surface area contributed by atoms with E-state index in [1.165, 1.54) is 6.42 Å². The predicted octanol–water partition coefficient (Wildman–Crippen LogP) is 3.57. The van der Waals surface area contributed by atoms with E-state index in [2.05, 4.69) is 12.2 Å². The smallest absolute Gasteiger partial charge is 0.0639 e. The number of anilines is 1. The fourth-order valence-corrected chi connectivity index (χ4v) is 1.40. The van der Waals surface area contributed by atoms with Gasteiger partial charge in [-0.1, -0.05) is 31.0 Å². The van der Waals surface area contributed by atoms with Crippen LogP contribution in [0, 0.1) is 0 Å². The van der Waals surface area contributed by atoms with Gasteiger partial charge in [0.05, 0.1) is 6.61 Å². The highest BCUT2D eigenvalue weighted by atomic mass is 35.5. The fourth-order valence-electron chi connectivity index (χ4n) is 1.21. The molecule has 0 saturated carbocycles. The second kappa shape index (κ2) is 7.55. The second-order valence-electron chi connectivity index (χ2n) is 3.40. The molecule has 0 aliphatic rings. The highest BCUT2D eigenvalue weighted by Crippen LogP contribution is 2.14. The first-order valence-corrected chi connectivity index (χ1v) is 5.78. The number of halogens is 1. The molecule has 0 radical (unpaired) electrons. The van der Waals surface area contributed by atoms with Gasteiger partial charge in [0.2, 0.25) is 0 Å². The van der Waals surface area contributed by atoms with Crippen molar-refractivity contribution in [2.45, 2.75) is 19.8 Å². The topological polar surface area (TPSA) is 21.3 Å². The third kappa shape index (κ3) is 5.65. The minimum absolute atomic E-state index is 0.743. The van der Waals surface area contributed by atoms with Crippen LogP contribution in [-0.2, 0) is 4.74 Å². The summed E-state index contributed by atoms with van der Waals surface area (Å²) in [5.41, 5.74) is 1.04. The first kappa shape index (κ1) is 12.3. The molecule has 15 heavy (non-hydrogen) atoms. The fraction of sp³-hybridized carbons (Fsp3) is 0.500. The largest absolute Gasteiger partial charge is 0.383 e. The monoisotopic (exact) mass is 227 g/mol. The number of unbranched alkanes of at least 4 members (excludes halogenated alkanes) is 1. The van der Waals surface area contributed by atoms with Gasteiger partial charge < -0.3 is 10.1 Å². The van der Waals surface area contributed by atoms with Crippen molar-refractivity contribution in [3.8, 4) is 0 Å². The van der Waals surface area contributed by atoms with E-state index in [-0.39, 0.29) is 0 Å². The lowest BCUT2D eigenvalue weighted by molar-refractivity contribution is 0.141. The summed E-state index contributed by atoms with van der Waals surface area (Å²) in [5, 5.41) is 4.01. The summed E-state index contributed by atoms with van der Waals surface area (Å²) in [5.74, 6) is 0. The maximum Gasteiger partial charge on any atom is 0.0639 e. The number of hydrogen-bond acceptors (Lipinski definition) is 2. The molecule has 0 bridgehead atoms. The summed E-state index contributed by atoms with van der Waals surface area (Å²) in [7, 11) is 0. The zero-order valence-electron chi connectivity index (χ0n) is 9.13. The number of ether oxygens (including phenoxy) is 1. The van der Waals surface area contributed by atoms with Gasteiger partial charge >= 0.3 is 0 Å². The number of rotatable bonds is 7. The summed E-state index contributed by atoms with van der Waals surface area (Å²) in [6.45, 7) is 4.58. The summed E-state index contributed by atoms with van der Waals surface area (Å²) < 4.78 is 5.43. The Morgan fingerprint density at radius 1 is 1.33 bits per heavy atom. The highest BCUT2D eigenvalue weighted by Gasteiger charge is 1.92. The Hall–Kier alpha value is -0.730. The Kier molecular flexibility index (Phi) is 6.21. The van der Waals surface area contributed by atoms with Gasteiger partial charge in [-0.05, 0) is 24.6 Å². The molecule has 0 fully saturated rings. The van der Waals surface area contributed by atoms with Crippen LogP contribution in [0.3, 0.4) is 0 Å². The van der Waals surface area contributed by atoms with Crippen molar-refractivity contribution in [3.05, 3.63) is 29.3 Å².